The van der Waals surface area contributed by atoms with Gasteiger partial charge in [0.05, 0.1) is 18.3 Å². The number of hydrogen-bond donors (Lipinski definition) is 1. The summed E-state index contributed by atoms with van der Waals surface area (Å²) in [5, 5.41) is 17.4. The van der Waals surface area contributed by atoms with E-state index in [1.807, 2.05) is 22.2 Å². The molecule has 1 saturated heterocycles. The van der Waals surface area contributed by atoms with Crippen LogP contribution in [0.2, 0.25) is 0 Å². The molecule has 3 rings (SSSR count). The third-order valence-electron chi connectivity index (χ3n) is 3.37. The molecule has 0 radical (unpaired) electrons. The zero-order valence-corrected chi connectivity index (χ0v) is 13.6. The van der Waals surface area contributed by atoms with E-state index < -0.39 is 0 Å². The van der Waals surface area contributed by atoms with Gasteiger partial charge in [-0.3, -0.25) is 4.79 Å². The van der Waals surface area contributed by atoms with Gasteiger partial charge in [-0.1, -0.05) is 17.8 Å². The van der Waals surface area contributed by atoms with E-state index in [0.29, 0.717) is 17.5 Å². The first kappa shape index (κ1) is 15.4. The molecule has 0 spiro atoms. The van der Waals surface area contributed by atoms with Crippen molar-refractivity contribution in [3.63, 3.8) is 0 Å². The Morgan fingerprint density at radius 1 is 1.50 bits per heavy atom. The predicted octanol–water partition coefficient (Wildman–Crippen LogP) is 1.49. The molecule has 9 heteroatoms. The average Bonchev–Trinajstić information content (AvgIpc) is 3.23. The largest absolute Gasteiger partial charge is 0.381 e. The van der Waals surface area contributed by atoms with Crippen molar-refractivity contribution >= 4 is 29.0 Å². The molecule has 1 amide bonds. The minimum atomic E-state index is -0.0140. The minimum absolute atomic E-state index is 0.0140. The van der Waals surface area contributed by atoms with Crippen molar-refractivity contribution in [1.82, 2.24) is 25.5 Å². The molecule has 2 aromatic rings. The number of carbonyl (C=O) groups excluding carboxylic acids is 1. The van der Waals surface area contributed by atoms with E-state index in [1.54, 1.807) is 11.3 Å². The molecule has 2 aromatic heterocycles. The number of aromatic nitrogens is 4. The van der Waals surface area contributed by atoms with Gasteiger partial charge in [0.15, 0.2) is 0 Å². The third-order valence-corrected chi connectivity index (χ3v) is 5.18. The maximum atomic E-state index is 11.9. The normalized spacial score (nSPS) is 15.8. The topological polar surface area (TPSA) is 81.9 Å². The van der Waals surface area contributed by atoms with Crippen LogP contribution in [0.3, 0.4) is 0 Å². The van der Waals surface area contributed by atoms with Gasteiger partial charge < -0.3 is 10.1 Å². The summed E-state index contributed by atoms with van der Waals surface area (Å²) in [4.78, 5) is 13.0. The Hall–Kier alpha value is -1.45. The second-order valence-electron chi connectivity index (χ2n) is 4.89. The highest BCUT2D eigenvalue weighted by Gasteiger charge is 2.21. The summed E-state index contributed by atoms with van der Waals surface area (Å²) in [6, 6.07) is 4.24. The predicted molar refractivity (Wildman–Crippen MR) is 83.8 cm³/mol. The van der Waals surface area contributed by atoms with Crippen molar-refractivity contribution in [1.29, 1.82) is 0 Å². The summed E-state index contributed by atoms with van der Waals surface area (Å²) in [5.41, 5.74) is 0. The van der Waals surface area contributed by atoms with Crippen LogP contribution >= 0.6 is 23.1 Å². The Kier molecular flexibility index (Phi) is 5.41. The molecule has 0 saturated carbocycles. The van der Waals surface area contributed by atoms with Crippen LogP contribution in [0.4, 0.5) is 0 Å². The molecule has 0 aromatic carbocycles. The van der Waals surface area contributed by atoms with E-state index in [4.69, 9.17) is 4.74 Å². The summed E-state index contributed by atoms with van der Waals surface area (Å²) in [5.74, 6) is 0.300. The highest BCUT2D eigenvalue weighted by molar-refractivity contribution is 7.99. The van der Waals surface area contributed by atoms with Gasteiger partial charge in [-0.05, 0) is 34.7 Å². The SMILES string of the molecule is O=C(CSc1nnnn1C1CCOCC1)NCc1cccs1. The van der Waals surface area contributed by atoms with Crippen LogP contribution in [0, 0.1) is 0 Å². The van der Waals surface area contributed by atoms with Gasteiger partial charge in [0.2, 0.25) is 11.1 Å². The summed E-state index contributed by atoms with van der Waals surface area (Å²) in [7, 11) is 0. The van der Waals surface area contributed by atoms with E-state index >= 15 is 0 Å². The molecule has 22 heavy (non-hydrogen) atoms. The summed E-state index contributed by atoms with van der Waals surface area (Å²) in [6.45, 7) is 2.04. The third kappa shape index (κ3) is 4.05. The van der Waals surface area contributed by atoms with E-state index in [9.17, 15) is 4.79 Å². The van der Waals surface area contributed by atoms with Crippen molar-refractivity contribution in [3.8, 4) is 0 Å². The quantitative estimate of drug-likeness (QED) is 0.803. The van der Waals surface area contributed by atoms with E-state index in [1.165, 1.54) is 11.8 Å². The van der Waals surface area contributed by atoms with Gasteiger partial charge in [0.1, 0.15) is 0 Å². The monoisotopic (exact) mass is 339 g/mol. The number of thioether (sulfide) groups is 1. The number of amides is 1. The zero-order valence-electron chi connectivity index (χ0n) is 12.0. The number of thiophene rings is 1. The highest BCUT2D eigenvalue weighted by atomic mass is 32.2. The molecule has 3 heterocycles. The van der Waals surface area contributed by atoms with Crippen LogP contribution in [-0.4, -0.2) is 45.1 Å². The number of carbonyl (C=O) groups is 1. The Bertz CT molecular complexity index is 595. The molecule has 0 aliphatic carbocycles. The number of ether oxygens (including phenoxy) is 1. The van der Waals surface area contributed by atoms with Gasteiger partial charge in [0.25, 0.3) is 0 Å². The smallest absolute Gasteiger partial charge is 0.230 e. The lowest BCUT2D eigenvalue weighted by atomic mass is 10.1. The maximum absolute atomic E-state index is 11.9. The van der Waals surface area contributed by atoms with Crippen LogP contribution < -0.4 is 5.32 Å². The standard InChI is InChI=1S/C13H17N5O2S2/c19-12(14-8-11-2-1-7-21-11)9-22-13-15-16-17-18(13)10-3-5-20-6-4-10/h1-2,7,10H,3-6,8-9H2,(H,14,19). The first-order valence-corrected chi connectivity index (χ1v) is 8.97. The van der Waals surface area contributed by atoms with Crippen LogP contribution in [0.25, 0.3) is 0 Å². The molecule has 0 atom stereocenters. The minimum Gasteiger partial charge on any atom is -0.381 e. The first-order valence-electron chi connectivity index (χ1n) is 7.10. The molecule has 1 N–H and O–H groups in total. The molecule has 1 aliphatic heterocycles. The number of nitrogens with zero attached hydrogens (tertiary/aromatic N) is 4. The highest BCUT2D eigenvalue weighted by Crippen LogP contribution is 2.24. The fraction of sp³-hybridized carbons (Fsp3) is 0.538. The lowest BCUT2D eigenvalue weighted by Gasteiger charge is -2.22. The second-order valence-corrected chi connectivity index (χ2v) is 6.87. The fourth-order valence-corrected chi connectivity index (χ4v) is 3.64. The van der Waals surface area contributed by atoms with Gasteiger partial charge in [0, 0.05) is 18.1 Å². The van der Waals surface area contributed by atoms with Crippen LogP contribution in [-0.2, 0) is 16.1 Å². The van der Waals surface area contributed by atoms with Crippen LogP contribution in [0.15, 0.2) is 22.7 Å². The van der Waals surface area contributed by atoms with E-state index in [2.05, 4.69) is 20.8 Å². The van der Waals surface area contributed by atoms with Gasteiger partial charge in [-0.25, -0.2) is 4.68 Å². The van der Waals surface area contributed by atoms with Gasteiger partial charge in [-0.15, -0.1) is 16.4 Å². The van der Waals surface area contributed by atoms with Crippen molar-refractivity contribution in [2.24, 2.45) is 0 Å². The van der Waals surface area contributed by atoms with E-state index in [-0.39, 0.29) is 11.9 Å². The zero-order chi connectivity index (χ0) is 15.2. The molecular formula is C13H17N5O2S2. The average molecular weight is 339 g/mol. The Balaban J connectivity index is 1.48. The number of rotatable bonds is 6. The van der Waals surface area contributed by atoms with Gasteiger partial charge in [-0.2, -0.15) is 0 Å². The number of tetrazole rings is 1. The lowest BCUT2D eigenvalue weighted by molar-refractivity contribution is -0.118. The van der Waals surface area contributed by atoms with Crippen LogP contribution in [0.1, 0.15) is 23.8 Å². The van der Waals surface area contributed by atoms with Crippen molar-refractivity contribution in [2.75, 3.05) is 19.0 Å². The molecule has 7 nitrogen and oxygen atoms in total. The van der Waals surface area contributed by atoms with Gasteiger partial charge >= 0.3 is 0 Å². The Morgan fingerprint density at radius 2 is 2.36 bits per heavy atom. The van der Waals surface area contributed by atoms with Crippen molar-refractivity contribution in [3.05, 3.63) is 22.4 Å². The molecule has 0 unspecified atom stereocenters. The maximum Gasteiger partial charge on any atom is 0.230 e. The molecule has 118 valence electrons. The number of hydrogen-bond acceptors (Lipinski definition) is 7. The number of nitrogens with one attached hydrogen (secondary N) is 1. The summed E-state index contributed by atoms with van der Waals surface area (Å²) < 4.78 is 7.17. The first-order chi connectivity index (χ1) is 10.8. The lowest BCUT2D eigenvalue weighted by Crippen LogP contribution is -2.25. The molecule has 0 bridgehead atoms. The Labute approximate surface area is 136 Å². The summed E-state index contributed by atoms with van der Waals surface area (Å²) in [6.07, 6.45) is 1.81. The van der Waals surface area contributed by atoms with Crippen molar-refractivity contribution in [2.45, 2.75) is 30.6 Å². The summed E-state index contributed by atoms with van der Waals surface area (Å²) >= 11 is 3.00. The van der Waals surface area contributed by atoms with E-state index in [0.717, 1.165) is 30.9 Å². The molecule has 1 aliphatic rings. The molecular weight excluding hydrogens is 322 g/mol. The van der Waals surface area contributed by atoms with Crippen LogP contribution in [0.5, 0.6) is 0 Å². The fourth-order valence-electron chi connectivity index (χ4n) is 2.22. The Morgan fingerprint density at radius 3 is 3.14 bits per heavy atom. The van der Waals surface area contributed by atoms with Crippen molar-refractivity contribution < 1.29 is 9.53 Å². The molecule has 1 fully saturated rings. The second kappa shape index (κ2) is 7.70.